The molecular weight excluding hydrogens is 294 g/mol. The Morgan fingerprint density at radius 1 is 1.48 bits per heavy atom. The summed E-state index contributed by atoms with van der Waals surface area (Å²) in [6, 6.07) is 1.89. The summed E-state index contributed by atoms with van der Waals surface area (Å²) in [6.45, 7) is -0.0981. The van der Waals surface area contributed by atoms with Crippen LogP contribution in [-0.2, 0) is 9.59 Å². The Hall–Kier alpha value is -2.09. The summed E-state index contributed by atoms with van der Waals surface area (Å²) in [5, 5.41) is 16.1. The van der Waals surface area contributed by atoms with Gasteiger partial charge in [0.25, 0.3) is 0 Å². The predicted molar refractivity (Wildman–Crippen MR) is 77.0 cm³/mol. The van der Waals surface area contributed by atoms with Crippen LogP contribution in [-0.4, -0.2) is 47.5 Å². The molecule has 3 N–H and O–H groups in total. The molecule has 1 aromatic heterocycles. The molecule has 3 amide bonds. The molecule has 1 aromatic rings. The minimum Gasteiger partial charge on any atom is -0.479 e. The summed E-state index contributed by atoms with van der Waals surface area (Å²) in [4.78, 5) is 36.5. The van der Waals surface area contributed by atoms with Crippen molar-refractivity contribution in [2.45, 2.75) is 24.9 Å². The second-order valence-corrected chi connectivity index (χ2v) is 5.91. The van der Waals surface area contributed by atoms with Gasteiger partial charge in [-0.05, 0) is 24.3 Å². The third-order valence-electron chi connectivity index (χ3n) is 3.01. The van der Waals surface area contributed by atoms with E-state index in [0.717, 1.165) is 12.8 Å². The lowest BCUT2D eigenvalue weighted by Gasteiger charge is -2.20. The van der Waals surface area contributed by atoms with Gasteiger partial charge in [0, 0.05) is 18.0 Å². The third kappa shape index (κ3) is 4.45. The molecule has 8 heteroatoms. The number of hydrogen-bond donors (Lipinski definition) is 3. The van der Waals surface area contributed by atoms with Crippen molar-refractivity contribution in [2.75, 3.05) is 13.6 Å². The van der Waals surface area contributed by atoms with Crippen molar-refractivity contribution in [3.63, 3.8) is 0 Å². The predicted octanol–water partition coefficient (Wildman–Crippen LogP) is 0.794. The Kier molecular flexibility index (Phi) is 4.79. The molecule has 0 bridgehead atoms. The molecule has 1 atom stereocenters. The van der Waals surface area contributed by atoms with E-state index in [2.05, 4.69) is 10.6 Å². The lowest BCUT2D eigenvalue weighted by Crippen LogP contribution is -2.46. The number of urea groups is 1. The van der Waals surface area contributed by atoms with Crippen molar-refractivity contribution in [3.8, 4) is 0 Å². The highest BCUT2D eigenvalue weighted by molar-refractivity contribution is 7.10. The Morgan fingerprint density at radius 3 is 2.71 bits per heavy atom. The molecule has 2 rings (SSSR count). The first-order valence-electron chi connectivity index (χ1n) is 6.54. The zero-order valence-corrected chi connectivity index (χ0v) is 12.4. The number of carbonyl (C=O) groups is 3. The van der Waals surface area contributed by atoms with Crippen LogP contribution in [0.4, 0.5) is 4.79 Å². The van der Waals surface area contributed by atoms with E-state index < -0.39 is 18.0 Å². The first-order valence-corrected chi connectivity index (χ1v) is 7.42. The highest BCUT2D eigenvalue weighted by Gasteiger charge is 2.27. The third-order valence-corrected chi connectivity index (χ3v) is 3.95. The van der Waals surface area contributed by atoms with Gasteiger partial charge in [0.2, 0.25) is 5.91 Å². The molecule has 0 aliphatic heterocycles. The summed E-state index contributed by atoms with van der Waals surface area (Å²) < 4.78 is 0. The van der Waals surface area contributed by atoms with Gasteiger partial charge in [-0.1, -0.05) is 6.07 Å². The molecule has 1 unspecified atom stereocenters. The largest absolute Gasteiger partial charge is 0.479 e. The van der Waals surface area contributed by atoms with Crippen LogP contribution in [0.3, 0.4) is 0 Å². The van der Waals surface area contributed by atoms with Crippen molar-refractivity contribution in [1.82, 2.24) is 15.5 Å². The van der Waals surface area contributed by atoms with Gasteiger partial charge in [-0.3, -0.25) is 4.79 Å². The number of likely N-dealkylation sites (N-methyl/N-ethyl adjacent to an activating group) is 1. The number of aliphatic carboxylic acids is 1. The van der Waals surface area contributed by atoms with Gasteiger partial charge in [-0.15, -0.1) is 11.3 Å². The number of carboxylic acids is 1. The second-order valence-electron chi connectivity index (χ2n) is 4.93. The number of nitrogens with one attached hydrogen (secondary N) is 2. The average Bonchev–Trinajstić information content (AvgIpc) is 3.06. The minimum absolute atomic E-state index is 0.0981. The van der Waals surface area contributed by atoms with E-state index in [0.29, 0.717) is 4.88 Å². The number of amides is 3. The fourth-order valence-electron chi connectivity index (χ4n) is 1.73. The van der Waals surface area contributed by atoms with E-state index in [4.69, 9.17) is 0 Å². The molecule has 21 heavy (non-hydrogen) atoms. The van der Waals surface area contributed by atoms with Crippen LogP contribution in [0.5, 0.6) is 0 Å². The molecule has 1 saturated carbocycles. The number of hydrogen-bond acceptors (Lipinski definition) is 4. The molecule has 0 spiro atoms. The number of carbonyl (C=O) groups excluding carboxylic acids is 2. The standard InChI is InChI=1S/C13H17N3O4S/c1-16(7-10(17)14-8-4-5-8)13(20)15-11(12(18)19)9-3-2-6-21-9/h2-3,6,8,11H,4-5,7H2,1H3,(H,14,17)(H,15,20)(H,18,19). The maximum Gasteiger partial charge on any atom is 0.331 e. The van der Waals surface area contributed by atoms with Crippen molar-refractivity contribution < 1.29 is 19.5 Å². The van der Waals surface area contributed by atoms with E-state index in [1.165, 1.54) is 23.3 Å². The van der Waals surface area contributed by atoms with Gasteiger partial charge in [0.1, 0.15) is 6.54 Å². The lowest BCUT2D eigenvalue weighted by atomic mass is 10.2. The topological polar surface area (TPSA) is 98.7 Å². The monoisotopic (exact) mass is 311 g/mol. The number of rotatable bonds is 6. The second kappa shape index (κ2) is 6.57. The Balaban J connectivity index is 1.88. The normalized spacial score (nSPS) is 15.1. The summed E-state index contributed by atoms with van der Waals surface area (Å²) in [6.07, 6.45) is 1.95. The lowest BCUT2D eigenvalue weighted by molar-refractivity contribution is -0.139. The minimum atomic E-state index is -1.14. The van der Waals surface area contributed by atoms with Crippen molar-refractivity contribution >= 4 is 29.2 Å². The molecule has 114 valence electrons. The first kappa shape index (κ1) is 15.3. The van der Waals surface area contributed by atoms with Gasteiger partial charge >= 0.3 is 12.0 Å². The fourth-order valence-corrected chi connectivity index (χ4v) is 2.50. The van der Waals surface area contributed by atoms with Crippen LogP contribution in [0, 0.1) is 0 Å². The van der Waals surface area contributed by atoms with E-state index in [1.807, 2.05) is 0 Å². The van der Waals surface area contributed by atoms with E-state index >= 15 is 0 Å². The number of thiophene rings is 1. The summed E-state index contributed by atoms with van der Waals surface area (Å²) >= 11 is 1.25. The highest BCUT2D eigenvalue weighted by atomic mass is 32.1. The molecular formula is C13H17N3O4S. The molecule has 1 aliphatic rings. The first-order chi connectivity index (χ1) is 9.97. The van der Waals surface area contributed by atoms with Crippen LogP contribution < -0.4 is 10.6 Å². The van der Waals surface area contributed by atoms with E-state index in [1.54, 1.807) is 17.5 Å². The maximum atomic E-state index is 12.0. The molecule has 1 fully saturated rings. The SMILES string of the molecule is CN(CC(=O)NC1CC1)C(=O)NC(C(=O)O)c1cccs1. The van der Waals surface area contributed by atoms with Crippen LogP contribution >= 0.6 is 11.3 Å². The fraction of sp³-hybridized carbons (Fsp3) is 0.462. The Morgan fingerprint density at radius 2 is 2.19 bits per heavy atom. The maximum absolute atomic E-state index is 12.0. The van der Waals surface area contributed by atoms with Crippen molar-refractivity contribution in [3.05, 3.63) is 22.4 Å². The highest BCUT2D eigenvalue weighted by Crippen LogP contribution is 2.20. The van der Waals surface area contributed by atoms with Crippen molar-refractivity contribution in [1.29, 1.82) is 0 Å². The summed E-state index contributed by atoms with van der Waals surface area (Å²) in [5.74, 6) is -1.38. The van der Waals surface area contributed by atoms with E-state index in [9.17, 15) is 19.5 Å². The molecule has 0 aromatic carbocycles. The quantitative estimate of drug-likeness (QED) is 0.723. The van der Waals surface area contributed by atoms with Gasteiger partial charge in [-0.25, -0.2) is 9.59 Å². The van der Waals surface area contributed by atoms with Gasteiger partial charge in [-0.2, -0.15) is 0 Å². The zero-order chi connectivity index (χ0) is 15.4. The zero-order valence-electron chi connectivity index (χ0n) is 11.5. The summed E-state index contributed by atoms with van der Waals surface area (Å²) in [7, 11) is 1.45. The number of nitrogens with zero attached hydrogens (tertiary/aromatic N) is 1. The average molecular weight is 311 g/mol. The number of carboxylic acid groups (broad SMARTS) is 1. The Labute approximate surface area is 125 Å². The smallest absolute Gasteiger partial charge is 0.331 e. The molecule has 1 heterocycles. The molecule has 7 nitrogen and oxygen atoms in total. The molecule has 0 radical (unpaired) electrons. The van der Waals surface area contributed by atoms with Gasteiger partial charge < -0.3 is 20.6 Å². The van der Waals surface area contributed by atoms with Crippen LogP contribution in [0.2, 0.25) is 0 Å². The van der Waals surface area contributed by atoms with E-state index in [-0.39, 0.29) is 18.5 Å². The van der Waals surface area contributed by atoms with Crippen LogP contribution in [0.1, 0.15) is 23.8 Å². The van der Waals surface area contributed by atoms with Crippen LogP contribution in [0.15, 0.2) is 17.5 Å². The van der Waals surface area contributed by atoms with Crippen molar-refractivity contribution in [2.24, 2.45) is 0 Å². The summed E-state index contributed by atoms with van der Waals surface area (Å²) in [5.41, 5.74) is 0. The van der Waals surface area contributed by atoms with Gasteiger partial charge in [0.05, 0.1) is 0 Å². The Bertz CT molecular complexity index is 528. The van der Waals surface area contributed by atoms with Crippen LogP contribution in [0.25, 0.3) is 0 Å². The van der Waals surface area contributed by atoms with Gasteiger partial charge in [0.15, 0.2) is 6.04 Å². The molecule has 0 saturated heterocycles. The molecule has 1 aliphatic carbocycles.